The molecule has 0 aliphatic carbocycles. The maximum absolute atomic E-state index is 12.6. The summed E-state index contributed by atoms with van der Waals surface area (Å²) >= 11 is 0. The summed E-state index contributed by atoms with van der Waals surface area (Å²) in [5, 5.41) is 14.9. The Bertz CT molecular complexity index is 911. The fourth-order valence-electron chi connectivity index (χ4n) is 3.36. The van der Waals surface area contributed by atoms with Gasteiger partial charge in [-0.3, -0.25) is 4.79 Å². The fraction of sp³-hybridized carbons (Fsp3) is 0.316. The molecule has 128 valence electrons. The van der Waals surface area contributed by atoms with Gasteiger partial charge in [-0.05, 0) is 67.7 Å². The summed E-state index contributed by atoms with van der Waals surface area (Å²) in [4.78, 5) is 14.1. The molecule has 3 aromatic rings. The number of hydrogen-bond donors (Lipinski definition) is 2. The smallest absolute Gasteiger partial charge is 0.255 e. The minimum Gasteiger partial charge on any atom is -0.322 e. The maximum atomic E-state index is 12.6. The van der Waals surface area contributed by atoms with Crippen molar-refractivity contribution in [2.24, 2.45) is 13.0 Å². The molecule has 0 radical (unpaired) electrons. The van der Waals surface area contributed by atoms with E-state index in [-0.39, 0.29) is 5.91 Å². The van der Waals surface area contributed by atoms with Gasteiger partial charge in [0.1, 0.15) is 11.0 Å². The van der Waals surface area contributed by atoms with Crippen LogP contribution in [-0.4, -0.2) is 34.0 Å². The first-order valence-corrected chi connectivity index (χ1v) is 8.59. The van der Waals surface area contributed by atoms with Gasteiger partial charge in [-0.2, -0.15) is 15.0 Å². The van der Waals surface area contributed by atoms with E-state index in [0.29, 0.717) is 11.5 Å². The lowest BCUT2D eigenvalue weighted by Crippen LogP contribution is -2.13. The quantitative estimate of drug-likeness (QED) is 0.768. The van der Waals surface area contributed by atoms with Crippen LogP contribution in [0, 0.1) is 5.92 Å². The largest absolute Gasteiger partial charge is 0.322 e. The molecule has 0 bridgehead atoms. The normalized spacial score (nSPS) is 17.1. The molecule has 2 aromatic carbocycles. The highest BCUT2D eigenvalue weighted by Crippen LogP contribution is 2.19. The summed E-state index contributed by atoms with van der Waals surface area (Å²) < 4.78 is 0. The van der Waals surface area contributed by atoms with Crippen molar-refractivity contribution in [1.29, 1.82) is 0 Å². The van der Waals surface area contributed by atoms with Crippen LogP contribution in [-0.2, 0) is 13.5 Å². The second-order valence-corrected chi connectivity index (χ2v) is 6.61. The van der Waals surface area contributed by atoms with E-state index < -0.39 is 0 Å². The minimum absolute atomic E-state index is 0.102. The van der Waals surface area contributed by atoms with Crippen molar-refractivity contribution in [3.63, 3.8) is 0 Å². The standard InChI is InChI=1S/C19H21N5O/c1-24-22-17-6-5-16(11-18(17)23-24)21-19(25)15-4-2-3-13(10-15)9-14-7-8-20-12-14/h2-6,10-11,14,20H,7-9,12H2,1H3,(H,21,25). The molecule has 0 saturated carbocycles. The molecule has 1 amide bonds. The minimum atomic E-state index is -0.102. The molecule has 1 aliphatic rings. The fourth-order valence-corrected chi connectivity index (χ4v) is 3.36. The number of nitrogens with one attached hydrogen (secondary N) is 2. The van der Waals surface area contributed by atoms with Crippen LogP contribution < -0.4 is 10.6 Å². The summed E-state index contributed by atoms with van der Waals surface area (Å²) in [5.74, 6) is 0.562. The van der Waals surface area contributed by atoms with Crippen LogP contribution in [0.5, 0.6) is 0 Å². The van der Waals surface area contributed by atoms with Gasteiger partial charge in [-0.25, -0.2) is 0 Å². The van der Waals surface area contributed by atoms with Crippen molar-refractivity contribution in [2.45, 2.75) is 12.8 Å². The van der Waals surface area contributed by atoms with E-state index in [1.54, 1.807) is 7.05 Å². The van der Waals surface area contributed by atoms with Crippen LogP contribution in [0.4, 0.5) is 5.69 Å². The zero-order valence-corrected chi connectivity index (χ0v) is 14.2. The Morgan fingerprint density at radius 2 is 2.12 bits per heavy atom. The molecule has 1 unspecified atom stereocenters. The number of rotatable bonds is 4. The lowest BCUT2D eigenvalue weighted by atomic mass is 9.97. The molecule has 2 heterocycles. The van der Waals surface area contributed by atoms with Gasteiger partial charge < -0.3 is 10.6 Å². The second-order valence-electron chi connectivity index (χ2n) is 6.61. The zero-order chi connectivity index (χ0) is 17.2. The molecule has 1 aliphatic heterocycles. The number of carbonyl (C=O) groups is 1. The van der Waals surface area contributed by atoms with Crippen LogP contribution in [0.2, 0.25) is 0 Å². The summed E-state index contributed by atoms with van der Waals surface area (Å²) in [6, 6.07) is 13.5. The van der Waals surface area contributed by atoms with Gasteiger partial charge in [-0.1, -0.05) is 12.1 Å². The number of aromatic nitrogens is 3. The van der Waals surface area contributed by atoms with E-state index in [1.165, 1.54) is 16.8 Å². The Kier molecular flexibility index (Phi) is 4.19. The van der Waals surface area contributed by atoms with Crippen molar-refractivity contribution >= 4 is 22.6 Å². The van der Waals surface area contributed by atoms with Crippen LogP contribution in [0.3, 0.4) is 0 Å². The predicted molar refractivity (Wildman–Crippen MR) is 97.6 cm³/mol. The van der Waals surface area contributed by atoms with Crippen molar-refractivity contribution in [1.82, 2.24) is 20.3 Å². The van der Waals surface area contributed by atoms with Gasteiger partial charge in [0.15, 0.2) is 0 Å². The Hall–Kier alpha value is -2.73. The highest BCUT2D eigenvalue weighted by molar-refractivity contribution is 6.05. The SMILES string of the molecule is Cn1nc2ccc(NC(=O)c3cccc(CC4CCNC4)c3)cc2n1. The first-order valence-electron chi connectivity index (χ1n) is 8.59. The summed E-state index contributed by atoms with van der Waals surface area (Å²) in [5.41, 5.74) is 4.20. The lowest BCUT2D eigenvalue weighted by Gasteiger charge is -2.10. The van der Waals surface area contributed by atoms with Crippen molar-refractivity contribution in [2.75, 3.05) is 18.4 Å². The van der Waals surface area contributed by atoms with E-state index in [2.05, 4.69) is 26.9 Å². The average Bonchev–Trinajstić information content (AvgIpc) is 3.23. The Labute approximate surface area is 146 Å². The Balaban J connectivity index is 1.49. The third-order valence-corrected chi connectivity index (χ3v) is 4.61. The monoisotopic (exact) mass is 335 g/mol. The number of benzene rings is 2. The van der Waals surface area contributed by atoms with Gasteiger partial charge in [-0.15, -0.1) is 0 Å². The number of fused-ring (bicyclic) bond motifs is 1. The van der Waals surface area contributed by atoms with E-state index in [0.717, 1.165) is 36.2 Å². The molecular formula is C19H21N5O. The Morgan fingerprint density at radius 1 is 1.24 bits per heavy atom. The Morgan fingerprint density at radius 3 is 2.96 bits per heavy atom. The van der Waals surface area contributed by atoms with E-state index in [4.69, 9.17) is 0 Å². The molecule has 0 spiro atoms. The van der Waals surface area contributed by atoms with E-state index >= 15 is 0 Å². The summed E-state index contributed by atoms with van der Waals surface area (Å²) in [7, 11) is 1.78. The highest BCUT2D eigenvalue weighted by atomic mass is 16.1. The van der Waals surface area contributed by atoms with Crippen molar-refractivity contribution < 1.29 is 4.79 Å². The molecule has 6 heteroatoms. The predicted octanol–water partition coefficient (Wildman–Crippen LogP) is 2.37. The third-order valence-electron chi connectivity index (χ3n) is 4.61. The number of nitrogens with zero attached hydrogens (tertiary/aromatic N) is 3. The molecule has 1 saturated heterocycles. The first kappa shape index (κ1) is 15.8. The average molecular weight is 335 g/mol. The van der Waals surface area contributed by atoms with Gasteiger partial charge in [0.25, 0.3) is 5.91 Å². The van der Waals surface area contributed by atoms with Crippen LogP contribution in [0.1, 0.15) is 22.3 Å². The van der Waals surface area contributed by atoms with Crippen LogP contribution in [0.25, 0.3) is 11.0 Å². The van der Waals surface area contributed by atoms with Crippen LogP contribution in [0.15, 0.2) is 42.5 Å². The number of hydrogen-bond acceptors (Lipinski definition) is 4. The number of amides is 1. The van der Waals surface area contributed by atoms with Gasteiger partial charge in [0.05, 0.1) is 0 Å². The molecule has 1 atom stereocenters. The molecule has 25 heavy (non-hydrogen) atoms. The lowest BCUT2D eigenvalue weighted by molar-refractivity contribution is 0.102. The van der Waals surface area contributed by atoms with Gasteiger partial charge >= 0.3 is 0 Å². The molecule has 6 nitrogen and oxygen atoms in total. The molecule has 1 fully saturated rings. The number of anilines is 1. The maximum Gasteiger partial charge on any atom is 0.255 e. The molecular weight excluding hydrogens is 314 g/mol. The first-order chi connectivity index (χ1) is 12.2. The molecule has 2 N–H and O–H groups in total. The van der Waals surface area contributed by atoms with Gasteiger partial charge in [0, 0.05) is 18.3 Å². The van der Waals surface area contributed by atoms with E-state index in [9.17, 15) is 4.79 Å². The summed E-state index contributed by atoms with van der Waals surface area (Å²) in [6.07, 6.45) is 2.22. The van der Waals surface area contributed by atoms with Gasteiger partial charge in [0.2, 0.25) is 0 Å². The molecule has 1 aromatic heterocycles. The second kappa shape index (κ2) is 6.64. The van der Waals surface area contributed by atoms with Crippen molar-refractivity contribution in [3.05, 3.63) is 53.6 Å². The number of aryl methyl sites for hydroxylation is 1. The third kappa shape index (κ3) is 3.53. The molecule has 4 rings (SSSR count). The summed E-state index contributed by atoms with van der Waals surface area (Å²) in [6.45, 7) is 2.16. The topological polar surface area (TPSA) is 71.8 Å². The number of carbonyl (C=O) groups excluding carboxylic acids is 1. The highest BCUT2D eigenvalue weighted by Gasteiger charge is 2.16. The van der Waals surface area contributed by atoms with Crippen molar-refractivity contribution in [3.8, 4) is 0 Å². The zero-order valence-electron chi connectivity index (χ0n) is 14.2. The van der Waals surface area contributed by atoms with Crippen LogP contribution >= 0.6 is 0 Å². The van der Waals surface area contributed by atoms with E-state index in [1.807, 2.05) is 36.4 Å².